The van der Waals surface area contributed by atoms with Gasteiger partial charge in [-0.1, -0.05) is 54.6 Å². The van der Waals surface area contributed by atoms with Gasteiger partial charge < -0.3 is 4.74 Å². The van der Waals surface area contributed by atoms with Crippen LogP contribution in [-0.2, 0) is 16.9 Å². The van der Waals surface area contributed by atoms with Gasteiger partial charge in [-0.15, -0.1) is 0 Å². The molecule has 0 aromatic heterocycles. The summed E-state index contributed by atoms with van der Waals surface area (Å²) in [5.41, 5.74) is 3.84. The molecule has 1 unspecified atom stereocenters. The van der Waals surface area contributed by atoms with Crippen LogP contribution in [0.1, 0.15) is 48.5 Å². The van der Waals surface area contributed by atoms with E-state index < -0.39 is 0 Å². The van der Waals surface area contributed by atoms with E-state index in [1.54, 1.807) is 0 Å². The number of fused-ring (bicyclic) bond motifs is 2. The fraction of sp³-hybridized carbons (Fsp3) is 0.455. The van der Waals surface area contributed by atoms with Crippen LogP contribution in [0.5, 0.6) is 0 Å². The molecule has 25 heavy (non-hydrogen) atoms. The van der Waals surface area contributed by atoms with Crippen LogP contribution >= 0.6 is 0 Å². The third-order valence-corrected chi connectivity index (χ3v) is 5.68. The number of likely N-dealkylation sites (tertiary alicyclic amines) is 1. The standard InChI is InChI=1S/C22H26FNO/c23-14-6-11-21-19-9-4-5-10-20(19)22(25-21)12-15-24(16-13-22)17-18-7-2-1-3-8-18/h1-5,7-10,21H,6,11-17H2/i23-1. The van der Waals surface area contributed by atoms with E-state index >= 15 is 0 Å². The van der Waals surface area contributed by atoms with Crippen molar-refractivity contribution in [3.05, 3.63) is 71.3 Å². The predicted molar refractivity (Wildman–Crippen MR) is 98.1 cm³/mol. The summed E-state index contributed by atoms with van der Waals surface area (Å²) >= 11 is 0. The maximum atomic E-state index is 12.7. The van der Waals surface area contributed by atoms with E-state index in [-0.39, 0.29) is 18.4 Å². The number of hydrogen-bond acceptors (Lipinski definition) is 2. The normalized spacial score (nSPS) is 22.2. The van der Waals surface area contributed by atoms with Crippen LogP contribution in [0.25, 0.3) is 0 Å². The number of ether oxygens (including phenoxy) is 1. The van der Waals surface area contributed by atoms with Crippen LogP contribution in [0.4, 0.5) is 4.39 Å². The van der Waals surface area contributed by atoms with Crippen LogP contribution in [0.2, 0.25) is 0 Å². The highest BCUT2D eigenvalue weighted by Crippen LogP contribution is 2.50. The third-order valence-electron chi connectivity index (χ3n) is 5.68. The van der Waals surface area contributed by atoms with Gasteiger partial charge in [-0.2, -0.15) is 0 Å². The van der Waals surface area contributed by atoms with Gasteiger partial charge in [0, 0.05) is 19.6 Å². The summed E-state index contributed by atoms with van der Waals surface area (Å²) in [5.74, 6) is 0. The lowest BCUT2D eigenvalue weighted by Crippen LogP contribution is -2.42. The topological polar surface area (TPSA) is 12.5 Å². The molecular formula is C22H26FNO. The number of benzene rings is 2. The molecule has 0 N–H and O–H groups in total. The van der Waals surface area contributed by atoms with Crippen molar-refractivity contribution in [2.24, 2.45) is 0 Å². The SMILES string of the molecule is [18F]CCCC1OC2(CCN(Cc3ccccc3)CC2)c2ccccc21. The highest BCUT2D eigenvalue weighted by atomic mass is 18.2. The Kier molecular flexibility index (Phi) is 4.87. The summed E-state index contributed by atoms with van der Waals surface area (Å²) in [6.45, 7) is 2.82. The number of rotatable bonds is 5. The molecule has 2 heterocycles. The first-order valence-corrected chi connectivity index (χ1v) is 9.40. The number of piperidine rings is 1. The van der Waals surface area contributed by atoms with Crippen molar-refractivity contribution < 1.29 is 9.13 Å². The average Bonchev–Trinajstić information content (AvgIpc) is 2.97. The third kappa shape index (κ3) is 3.36. The van der Waals surface area contributed by atoms with E-state index in [1.165, 1.54) is 16.7 Å². The quantitative estimate of drug-likeness (QED) is 0.761. The van der Waals surface area contributed by atoms with Crippen molar-refractivity contribution in [3.8, 4) is 0 Å². The van der Waals surface area contributed by atoms with Crippen LogP contribution in [0.3, 0.4) is 0 Å². The van der Waals surface area contributed by atoms with Crippen molar-refractivity contribution in [3.63, 3.8) is 0 Å². The number of alkyl halides is 1. The molecule has 3 heteroatoms. The monoisotopic (exact) mass is 338 g/mol. The molecule has 0 bridgehead atoms. The lowest BCUT2D eigenvalue weighted by atomic mass is 9.83. The van der Waals surface area contributed by atoms with E-state index in [9.17, 15) is 4.39 Å². The summed E-state index contributed by atoms with van der Waals surface area (Å²) in [6, 6.07) is 19.2. The van der Waals surface area contributed by atoms with Crippen molar-refractivity contribution in [1.82, 2.24) is 4.90 Å². The molecule has 1 saturated heterocycles. The maximum Gasteiger partial charge on any atom is 0.0967 e. The summed E-state index contributed by atoms with van der Waals surface area (Å²) in [6.07, 6.45) is 3.46. The number of halogens is 1. The second-order valence-electron chi connectivity index (χ2n) is 7.28. The maximum absolute atomic E-state index is 12.7. The van der Waals surface area contributed by atoms with Gasteiger partial charge in [0.05, 0.1) is 18.4 Å². The van der Waals surface area contributed by atoms with Gasteiger partial charge in [0.15, 0.2) is 0 Å². The average molecular weight is 338 g/mol. The Morgan fingerprint density at radius 3 is 2.48 bits per heavy atom. The highest BCUT2D eigenvalue weighted by Gasteiger charge is 2.46. The zero-order chi connectivity index (χ0) is 17.1. The van der Waals surface area contributed by atoms with Crippen LogP contribution in [0.15, 0.2) is 54.6 Å². The van der Waals surface area contributed by atoms with E-state index in [4.69, 9.17) is 4.74 Å². The second-order valence-corrected chi connectivity index (χ2v) is 7.28. The van der Waals surface area contributed by atoms with Gasteiger partial charge >= 0.3 is 0 Å². The molecule has 1 fully saturated rings. The Hall–Kier alpha value is -1.71. The van der Waals surface area contributed by atoms with E-state index in [1.807, 2.05) is 0 Å². The van der Waals surface area contributed by atoms with Gasteiger partial charge in [-0.25, -0.2) is 0 Å². The van der Waals surface area contributed by atoms with Gasteiger partial charge in [-0.05, 0) is 42.4 Å². The Labute approximate surface area is 149 Å². The van der Waals surface area contributed by atoms with Gasteiger partial charge in [0.25, 0.3) is 0 Å². The smallest absolute Gasteiger partial charge is 0.0967 e. The van der Waals surface area contributed by atoms with E-state index in [0.29, 0.717) is 6.42 Å². The molecule has 0 amide bonds. The van der Waals surface area contributed by atoms with E-state index in [2.05, 4.69) is 59.5 Å². The Balaban J connectivity index is 1.47. The Morgan fingerprint density at radius 2 is 1.72 bits per heavy atom. The highest BCUT2D eigenvalue weighted by molar-refractivity contribution is 5.38. The molecule has 1 atom stereocenters. The molecule has 2 aromatic carbocycles. The lowest BCUT2D eigenvalue weighted by Gasteiger charge is -2.40. The van der Waals surface area contributed by atoms with Crippen LogP contribution in [0, 0.1) is 0 Å². The largest absolute Gasteiger partial charge is 0.362 e. The van der Waals surface area contributed by atoms with Gasteiger partial charge in [-0.3, -0.25) is 9.29 Å². The minimum absolute atomic E-state index is 0.0626. The molecule has 2 aliphatic heterocycles. The van der Waals surface area contributed by atoms with Crippen LogP contribution < -0.4 is 0 Å². The predicted octanol–water partition coefficient (Wildman–Crippen LogP) is 5.00. The summed E-state index contributed by atoms with van der Waals surface area (Å²) < 4.78 is 19.2. The number of nitrogens with zero attached hydrogens (tertiary/aromatic N) is 1. The Morgan fingerprint density at radius 1 is 1.00 bits per heavy atom. The minimum Gasteiger partial charge on any atom is -0.362 e. The fourth-order valence-electron chi connectivity index (χ4n) is 4.37. The summed E-state index contributed by atoms with van der Waals surface area (Å²) in [5, 5.41) is 0. The zero-order valence-electron chi connectivity index (χ0n) is 14.7. The summed E-state index contributed by atoms with van der Waals surface area (Å²) in [7, 11) is 0. The first-order valence-electron chi connectivity index (χ1n) is 9.40. The fourth-order valence-corrected chi connectivity index (χ4v) is 4.37. The molecule has 0 aliphatic carbocycles. The van der Waals surface area contributed by atoms with Crippen molar-refractivity contribution in [2.75, 3.05) is 19.8 Å². The second kappa shape index (κ2) is 7.27. The van der Waals surface area contributed by atoms with E-state index in [0.717, 1.165) is 38.9 Å². The van der Waals surface area contributed by atoms with Crippen molar-refractivity contribution in [1.29, 1.82) is 0 Å². The van der Waals surface area contributed by atoms with Gasteiger partial charge in [0.1, 0.15) is 0 Å². The summed E-state index contributed by atoms with van der Waals surface area (Å²) in [4.78, 5) is 2.52. The van der Waals surface area contributed by atoms with Crippen molar-refractivity contribution in [2.45, 2.75) is 43.9 Å². The molecule has 2 aliphatic rings. The molecule has 1 spiro atoms. The molecule has 0 radical (unpaired) electrons. The first kappa shape index (κ1) is 16.7. The lowest BCUT2D eigenvalue weighted by molar-refractivity contribution is -0.113. The van der Waals surface area contributed by atoms with Crippen LogP contribution in [-0.4, -0.2) is 24.7 Å². The molecule has 2 aromatic rings. The molecule has 2 nitrogen and oxygen atoms in total. The van der Waals surface area contributed by atoms with Gasteiger partial charge in [0.2, 0.25) is 0 Å². The molecule has 0 saturated carbocycles. The molecule has 132 valence electrons. The molecular weight excluding hydrogens is 312 g/mol. The molecule has 4 rings (SSSR count). The zero-order valence-corrected chi connectivity index (χ0v) is 14.7. The Bertz CT molecular complexity index is 694. The first-order chi connectivity index (χ1) is 12.3. The minimum atomic E-state index is -0.264. The van der Waals surface area contributed by atoms with Crippen molar-refractivity contribution >= 4 is 0 Å². The number of hydrogen-bond donors (Lipinski definition) is 0.